The van der Waals surface area contributed by atoms with E-state index in [-0.39, 0.29) is 24.0 Å². The average molecular weight is 386 g/mol. The van der Waals surface area contributed by atoms with Crippen LogP contribution in [0.2, 0.25) is 0 Å². The number of carbonyl (C=O) groups excluding carboxylic acids is 1. The molecule has 8 heteroatoms. The number of nitrogens with one attached hydrogen (secondary N) is 1. The van der Waals surface area contributed by atoms with Crippen LogP contribution < -0.4 is 14.8 Å². The number of methoxy groups -OCH3 is 2. The van der Waals surface area contributed by atoms with Gasteiger partial charge in [0.25, 0.3) is 5.91 Å². The van der Waals surface area contributed by atoms with E-state index in [9.17, 15) is 15.0 Å². The Morgan fingerprint density at radius 2 is 1.85 bits per heavy atom. The zero-order valence-electron chi connectivity index (χ0n) is 14.7. The number of ether oxygens (including phenoxy) is 2. The van der Waals surface area contributed by atoms with Crippen molar-refractivity contribution in [2.45, 2.75) is 6.54 Å². The van der Waals surface area contributed by atoms with Gasteiger partial charge in [0.15, 0.2) is 23.0 Å². The van der Waals surface area contributed by atoms with Gasteiger partial charge in [-0.15, -0.1) is 11.3 Å². The van der Waals surface area contributed by atoms with Crippen molar-refractivity contribution in [3.63, 3.8) is 0 Å². The average Bonchev–Trinajstić information content (AvgIpc) is 3.16. The summed E-state index contributed by atoms with van der Waals surface area (Å²) in [6, 6.07) is 9.45. The van der Waals surface area contributed by atoms with Gasteiger partial charge in [0.05, 0.1) is 26.5 Å². The molecule has 0 saturated carbocycles. The van der Waals surface area contributed by atoms with Gasteiger partial charge in [-0.25, -0.2) is 4.98 Å². The lowest BCUT2D eigenvalue weighted by atomic mass is 10.1. The van der Waals surface area contributed by atoms with E-state index in [4.69, 9.17) is 9.47 Å². The molecule has 0 bridgehead atoms. The van der Waals surface area contributed by atoms with Crippen LogP contribution in [0, 0.1) is 0 Å². The number of phenolic OH excluding ortho intramolecular Hbond substituents is 2. The number of aromatic nitrogens is 1. The van der Waals surface area contributed by atoms with E-state index in [1.165, 1.54) is 37.7 Å². The topological polar surface area (TPSA) is 101 Å². The number of nitrogens with zero attached hydrogens (tertiary/aromatic N) is 1. The lowest BCUT2D eigenvalue weighted by Gasteiger charge is -2.09. The van der Waals surface area contributed by atoms with Crippen LogP contribution in [0.5, 0.6) is 23.0 Å². The molecule has 0 aliphatic carbocycles. The monoisotopic (exact) mass is 386 g/mol. The van der Waals surface area contributed by atoms with E-state index < -0.39 is 0 Å². The third kappa shape index (κ3) is 4.12. The van der Waals surface area contributed by atoms with Crippen molar-refractivity contribution in [2.75, 3.05) is 14.2 Å². The standard InChI is InChI=1S/C19H18N2O5S/c1-25-16-6-4-12(8-17(16)26-2)19(24)20-9-18-21-13(10-27-18)11-3-5-14(22)15(23)7-11/h3-8,10,22-23H,9H2,1-2H3,(H,20,24). The maximum absolute atomic E-state index is 12.4. The Hall–Kier alpha value is -3.26. The maximum Gasteiger partial charge on any atom is 0.251 e. The molecule has 3 rings (SSSR count). The fourth-order valence-corrected chi connectivity index (χ4v) is 3.19. The van der Waals surface area contributed by atoms with Gasteiger partial charge in [0.1, 0.15) is 5.01 Å². The van der Waals surface area contributed by atoms with Gasteiger partial charge in [-0.1, -0.05) is 0 Å². The van der Waals surface area contributed by atoms with Crippen molar-refractivity contribution < 1.29 is 24.5 Å². The minimum absolute atomic E-state index is 0.184. The van der Waals surface area contributed by atoms with Crippen LogP contribution in [0.1, 0.15) is 15.4 Å². The van der Waals surface area contributed by atoms with Gasteiger partial charge in [0.2, 0.25) is 0 Å². The second-order valence-electron chi connectivity index (χ2n) is 5.58. The van der Waals surface area contributed by atoms with Crippen LogP contribution in [0.25, 0.3) is 11.3 Å². The number of rotatable bonds is 6. The number of hydrogen-bond acceptors (Lipinski definition) is 7. The largest absolute Gasteiger partial charge is 0.504 e. The van der Waals surface area contributed by atoms with Crippen molar-refractivity contribution in [3.05, 3.63) is 52.3 Å². The highest BCUT2D eigenvalue weighted by Gasteiger charge is 2.12. The molecule has 0 radical (unpaired) electrons. The molecule has 1 aromatic heterocycles. The fourth-order valence-electron chi connectivity index (χ4n) is 2.44. The first-order valence-corrected chi connectivity index (χ1v) is 8.86. The predicted octanol–water partition coefficient (Wildman–Crippen LogP) is 3.17. The first-order chi connectivity index (χ1) is 13.0. The van der Waals surface area contributed by atoms with Gasteiger partial charge in [-0.05, 0) is 36.4 Å². The zero-order chi connectivity index (χ0) is 19.4. The van der Waals surface area contributed by atoms with E-state index in [0.717, 1.165) is 0 Å². The summed E-state index contributed by atoms with van der Waals surface area (Å²) < 4.78 is 10.4. The van der Waals surface area contributed by atoms with Crippen LogP contribution >= 0.6 is 11.3 Å². The fraction of sp³-hybridized carbons (Fsp3) is 0.158. The summed E-state index contributed by atoms with van der Waals surface area (Å²) in [6.07, 6.45) is 0. The number of phenols is 2. The Morgan fingerprint density at radius 1 is 1.07 bits per heavy atom. The molecule has 27 heavy (non-hydrogen) atoms. The van der Waals surface area contributed by atoms with Crippen LogP contribution in [0.3, 0.4) is 0 Å². The minimum Gasteiger partial charge on any atom is -0.504 e. The molecule has 0 unspecified atom stereocenters. The zero-order valence-corrected chi connectivity index (χ0v) is 15.5. The van der Waals surface area contributed by atoms with Gasteiger partial charge < -0.3 is 25.0 Å². The van der Waals surface area contributed by atoms with E-state index in [2.05, 4.69) is 10.3 Å². The molecule has 2 aromatic carbocycles. The number of hydrogen-bond donors (Lipinski definition) is 3. The number of amides is 1. The smallest absolute Gasteiger partial charge is 0.251 e. The van der Waals surface area contributed by atoms with Gasteiger partial charge in [-0.3, -0.25) is 4.79 Å². The molecule has 0 saturated heterocycles. The molecular weight excluding hydrogens is 368 g/mol. The molecule has 0 aliphatic rings. The van der Waals surface area contributed by atoms with Gasteiger partial charge in [0, 0.05) is 16.5 Å². The van der Waals surface area contributed by atoms with Crippen LogP contribution in [0.15, 0.2) is 41.8 Å². The Kier molecular flexibility index (Phi) is 5.46. The third-order valence-corrected chi connectivity index (χ3v) is 4.72. The second kappa shape index (κ2) is 7.96. The SMILES string of the molecule is COc1ccc(C(=O)NCc2nc(-c3ccc(O)c(O)c3)cs2)cc1OC. The van der Waals surface area contributed by atoms with Crippen molar-refractivity contribution in [1.29, 1.82) is 0 Å². The molecule has 1 amide bonds. The minimum atomic E-state index is -0.255. The van der Waals surface area contributed by atoms with Crippen molar-refractivity contribution in [2.24, 2.45) is 0 Å². The Morgan fingerprint density at radius 3 is 2.56 bits per heavy atom. The van der Waals surface area contributed by atoms with Crippen LogP contribution in [0.4, 0.5) is 0 Å². The summed E-state index contributed by atoms with van der Waals surface area (Å²) in [6.45, 7) is 0.266. The summed E-state index contributed by atoms with van der Waals surface area (Å²) in [4.78, 5) is 16.8. The van der Waals surface area contributed by atoms with Crippen LogP contribution in [-0.2, 0) is 6.54 Å². The molecule has 0 spiro atoms. The quantitative estimate of drug-likeness (QED) is 0.563. The van der Waals surface area contributed by atoms with Gasteiger partial charge >= 0.3 is 0 Å². The number of benzene rings is 2. The Bertz CT molecular complexity index is 970. The molecule has 140 valence electrons. The first-order valence-electron chi connectivity index (χ1n) is 7.98. The lowest BCUT2D eigenvalue weighted by molar-refractivity contribution is 0.0950. The summed E-state index contributed by atoms with van der Waals surface area (Å²) in [5.41, 5.74) is 1.79. The molecular formula is C19H18N2O5S. The summed E-state index contributed by atoms with van der Waals surface area (Å²) in [7, 11) is 3.04. The summed E-state index contributed by atoms with van der Waals surface area (Å²) in [5.74, 6) is 0.389. The molecule has 0 atom stereocenters. The Labute approximate surface area is 159 Å². The highest BCUT2D eigenvalue weighted by Crippen LogP contribution is 2.31. The molecule has 1 heterocycles. The molecule has 0 fully saturated rings. The first kappa shape index (κ1) is 18.5. The van der Waals surface area contributed by atoms with Crippen molar-refractivity contribution >= 4 is 17.2 Å². The van der Waals surface area contributed by atoms with Crippen LogP contribution in [-0.4, -0.2) is 35.3 Å². The highest BCUT2D eigenvalue weighted by molar-refractivity contribution is 7.09. The number of aromatic hydroxyl groups is 2. The van der Waals surface area contributed by atoms with Crippen molar-refractivity contribution in [1.82, 2.24) is 10.3 Å². The van der Waals surface area contributed by atoms with E-state index >= 15 is 0 Å². The van der Waals surface area contributed by atoms with E-state index in [0.29, 0.717) is 33.3 Å². The molecule has 0 aliphatic heterocycles. The summed E-state index contributed by atoms with van der Waals surface area (Å²) >= 11 is 1.39. The third-order valence-electron chi connectivity index (χ3n) is 3.87. The highest BCUT2D eigenvalue weighted by atomic mass is 32.1. The lowest BCUT2D eigenvalue weighted by Crippen LogP contribution is -2.22. The van der Waals surface area contributed by atoms with Gasteiger partial charge in [-0.2, -0.15) is 0 Å². The molecule has 7 nitrogen and oxygen atoms in total. The maximum atomic E-state index is 12.4. The summed E-state index contributed by atoms with van der Waals surface area (Å²) in [5, 5.41) is 24.3. The van der Waals surface area contributed by atoms with E-state index in [1.807, 2.05) is 5.38 Å². The second-order valence-corrected chi connectivity index (χ2v) is 6.53. The molecule has 3 N–H and O–H groups in total. The van der Waals surface area contributed by atoms with E-state index in [1.54, 1.807) is 24.3 Å². The number of carbonyl (C=O) groups is 1. The normalized spacial score (nSPS) is 10.4. The molecule has 3 aromatic rings. The number of thiazole rings is 1. The Balaban J connectivity index is 1.67. The predicted molar refractivity (Wildman–Crippen MR) is 102 cm³/mol. The van der Waals surface area contributed by atoms with Crippen molar-refractivity contribution in [3.8, 4) is 34.3 Å².